The first-order valence-corrected chi connectivity index (χ1v) is 7.93. The Kier molecular flexibility index (Phi) is 4.06. The summed E-state index contributed by atoms with van der Waals surface area (Å²) in [6.45, 7) is -0.496. The van der Waals surface area contributed by atoms with Crippen LogP contribution in [0.3, 0.4) is 0 Å². The minimum atomic E-state index is -1.47. The summed E-state index contributed by atoms with van der Waals surface area (Å²) in [5.41, 5.74) is 1.32. The Morgan fingerprint density at radius 2 is 1.80 bits per heavy atom. The molecule has 3 heterocycles. The number of rotatable bonds is 3. The highest BCUT2D eigenvalue weighted by atomic mass is 16.6. The first-order valence-electron chi connectivity index (χ1n) is 7.93. The van der Waals surface area contributed by atoms with E-state index in [-0.39, 0.29) is 0 Å². The van der Waals surface area contributed by atoms with Crippen molar-refractivity contribution in [1.82, 2.24) is 9.55 Å². The maximum Gasteiger partial charge on any atom is 0.179 e. The van der Waals surface area contributed by atoms with Crippen molar-refractivity contribution in [3.8, 4) is 11.6 Å². The van der Waals surface area contributed by atoms with Crippen molar-refractivity contribution in [3.63, 3.8) is 0 Å². The van der Waals surface area contributed by atoms with Gasteiger partial charge in [-0.3, -0.25) is 4.57 Å². The van der Waals surface area contributed by atoms with Crippen LogP contribution in [0, 0.1) is 0 Å². The number of aromatic nitrogens is 2. The number of benzene rings is 1. The van der Waals surface area contributed by atoms with Gasteiger partial charge in [0.15, 0.2) is 17.8 Å². The molecule has 4 rings (SSSR count). The number of aliphatic hydroxyl groups is 4. The molecule has 8 nitrogen and oxygen atoms in total. The van der Waals surface area contributed by atoms with Crippen molar-refractivity contribution in [1.29, 1.82) is 0 Å². The summed E-state index contributed by atoms with van der Waals surface area (Å²) < 4.78 is 12.7. The number of hydrogen-bond donors (Lipinski definition) is 4. The van der Waals surface area contributed by atoms with E-state index in [1.54, 1.807) is 22.8 Å². The molecule has 0 bridgehead atoms. The number of nitrogens with zero attached hydrogens (tertiary/aromatic N) is 2. The molecule has 1 aromatic carbocycles. The third kappa shape index (κ3) is 2.55. The molecule has 5 atom stereocenters. The number of furan rings is 1. The van der Waals surface area contributed by atoms with E-state index >= 15 is 0 Å². The number of fused-ring (bicyclic) bond motifs is 1. The summed E-state index contributed by atoms with van der Waals surface area (Å²) in [6, 6.07) is 10.7. The van der Waals surface area contributed by atoms with Crippen molar-refractivity contribution in [2.45, 2.75) is 30.6 Å². The van der Waals surface area contributed by atoms with E-state index in [4.69, 9.17) is 9.15 Å². The zero-order valence-corrected chi connectivity index (χ0v) is 13.1. The molecule has 1 aliphatic rings. The fourth-order valence-electron chi connectivity index (χ4n) is 3.18. The number of imidazole rings is 1. The molecule has 0 unspecified atom stereocenters. The van der Waals surface area contributed by atoms with E-state index in [2.05, 4.69) is 4.98 Å². The Morgan fingerprint density at radius 3 is 2.52 bits per heavy atom. The van der Waals surface area contributed by atoms with Gasteiger partial charge in [0, 0.05) is 0 Å². The molecule has 0 amide bonds. The maximum absolute atomic E-state index is 10.5. The Balaban J connectivity index is 1.89. The molecule has 132 valence electrons. The van der Waals surface area contributed by atoms with Crippen LogP contribution in [0.4, 0.5) is 0 Å². The monoisotopic (exact) mass is 346 g/mol. The van der Waals surface area contributed by atoms with Crippen LogP contribution < -0.4 is 0 Å². The lowest BCUT2D eigenvalue weighted by molar-refractivity contribution is -0.250. The topological polar surface area (TPSA) is 121 Å². The van der Waals surface area contributed by atoms with Crippen molar-refractivity contribution in [2.24, 2.45) is 0 Å². The third-order valence-electron chi connectivity index (χ3n) is 4.46. The third-order valence-corrected chi connectivity index (χ3v) is 4.46. The van der Waals surface area contributed by atoms with Crippen molar-refractivity contribution in [2.75, 3.05) is 6.61 Å². The average Bonchev–Trinajstić information content (AvgIpc) is 3.27. The van der Waals surface area contributed by atoms with Gasteiger partial charge < -0.3 is 29.6 Å². The molecule has 0 saturated carbocycles. The standard InChI is InChI=1S/C17H18N2O6/c20-8-12-13(21)14(22)15(23)17(25-12)19-10-5-2-1-4-9(10)18-16(19)11-6-3-7-24-11/h1-7,12-15,17,20-23H,8H2/t12-,13-,14+,15-,17+/m1/s1. The minimum absolute atomic E-state index is 0.413. The second-order valence-electron chi connectivity index (χ2n) is 5.99. The normalized spacial score (nSPS) is 30.0. The molecule has 8 heteroatoms. The molecule has 4 N–H and O–H groups in total. The SMILES string of the molecule is OC[C@H]1O[C@H](n2c(-c3ccco3)nc3ccccc32)[C@H](O)[C@@H](O)[C@@H]1O. The van der Waals surface area contributed by atoms with Crippen LogP contribution in [-0.2, 0) is 4.74 Å². The van der Waals surface area contributed by atoms with E-state index in [9.17, 15) is 20.4 Å². The van der Waals surface area contributed by atoms with Gasteiger partial charge in [-0.2, -0.15) is 0 Å². The molecule has 2 aromatic heterocycles. The van der Waals surface area contributed by atoms with E-state index in [1.165, 1.54) is 6.26 Å². The molecular weight excluding hydrogens is 328 g/mol. The predicted octanol–water partition coefficient (Wildman–Crippen LogP) is 0.269. The second-order valence-corrected chi connectivity index (χ2v) is 5.99. The summed E-state index contributed by atoms with van der Waals surface area (Å²) in [7, 11) is 0. The van der Waals surface area contributed by atoms with Gasteiger partial charge in [-0.15, -0.1) is 0 Å². The zero-order valence-electron chi connectivity index (χ0n) is 13.1. The Hall–Kier alpha value is -2.23. The van der Waals surface area contributed by atoms with Crippen molar-refractivity contribution < 1.29 is 29.6 Å². The van der Waals surface area contributed by atoms with E-state index < -0.39 is 37.3 Å². The highest BCUT2D eigenvalue weighted by Crippen LogP contribution is 2.35. The molecule has 1 saturated heterocycles. The molecule has 0 radical (unpaired) electrons. The van der Waals surface area contributed by atoms with Crippen LogP contribution in [0.2, 0.25) is 0 Å². The van der Waals surface area contributed by atoms with E-state index in [1.807, 2.05) is 18.2 Å². The molecule has 1 fully saturated rings. The molecular formula is C17H18N2O6. The lowest BCUT2D eigenvalue weighted by Gasteiger charge is -2.40. The summed E-state index contributed by atoms with van der Waals surface area (Å²) >= 11 is 0. The summed E-state index contributed by atoms with van der Waals surface area (Å²) in [5, 5.41) is 40.0. The first kappa shape index (κ1) is 16.2. The van der Waals surface area contributed by atoms with E-state index in [0.717, 1.165) is 0 Å². The predicted molar refractivity (Wildman–Crippen MR) is 86.5 cm³/mol. The Morgan fingerprint density at radius 1 is 1.00 bits per heavy atom. The van der Waals surface area contributed by atoms with Crippen LogP contribution in [0.15, 0.2) is 47.1 Å². The Bertz CT molecular complexity index is 859. The van der Waals surface area contributed by atoms with Gasteiger partial charge >= 0.3 is 0 Å². The van der Waals surface area contributed by atoms with Crippen LogP contribution >= 0.6 is 0 Å². The van der Waals surface area contributed by atoms with Crippen LogP contribution in [0.5, 0.6) is 0 Å². The largest absolute Gasteiger partial charge is 0.461 e. The lowest BCUT2D eigenvalue weighted by atomic mass is 9.98. The maximum atomic E-state index is 10.5. The lowest BCUT2D eigenvalue weighted by Crippen LogP contribution is -2.56. The van der Waals surface area contributed by atoms with Gasteiger partial charge in [0.05, 0.1) is 23.9 Å². The number of aliphatic hydroxyl groups excluding tert-OH is 4. The Labute approximate surface area is 142 Å². The quantitative estimate of drug-likeness (QED) is 0.537. The zero-order chi connectivity index (χ0) is 17.6. The number of ether oxygens (including phenoxy) is 1. The number of hydrogen-bond acceptors (Lipinski definition) is 7. The molecule has 0 spiro atoms. The average molecular weight is 346 g/mol. The van der Waals surface area contributed by atoms with Gasteiger partial charge in [-0.1, -0.05) is 12.1 Å². The van der Waals surface area contributed by atoms with Gasteiger partial charge in [-0.05, 0) is 24.3 Å². The summed E-state index contributed by atoms with van der Waals surface area (Å²) in [4.78, 5) is 4.53. The van der Waals surface area contributed by atoms with Crippen LogP contribution in [0.25, 0.3) is 22.6 Å². The number of para-hydroxylation sites is 2. The first-order chi connectivity index (χ1) is 12.1. The van der Waals surface area contributed by atoms with Gasteiger partial charge in [0.2, 0.25) is 0 Å². The molecule has 3 aromatic rings. The van der Waals surface area contributed by atoms with Crippen LogP contribution in [0.1, 0.15) is 6.23 Å². The van der Waals surface area contributed by atoms with Crippen molar-refractivity contribution in [3.05, 3.63) is 42.7 Å². The summed E-state index contributed by atoms with van der Waals surface area (Å²) in [5.74, 6) is 0.878. The van der Waals surface area contributed by atoms with Gasteiger partial charge in [0.1, 0.15) is 24.4 Å². The fraction of sp³-hybridized carbons (Fsp3) is 0.353. The van der Waals surface area contributed by atoms with E-state index in [0.29, 0.717) is 22.6 Å². The van der Waals surface area contributed by atoms with Crippen LogP contribution in [-0.4, -0.2) is 61.0 Å². The summed E-state index contributed by atoms with van der Waals surface area (Å²) in [6.07, 6.45) is -4.85. The fourth-order valence-corrected chi connectivity index (χ4v) is 3.18. The molecule has 1 aliphatic heterocycles. The smallest absolute Gasteiger partial charge is 0.179 e. The second kappa shape index (κ2) is 6.25. The molecule has 25 heavy (non-hydrogen) atoms. The highest BCUT2D eigenvalue weighted by molar-refractivity contribution is 5.80. The van der Waals surface area contributed by atoms with Gasteiger partial charge in [-0.25, -0.2) is 4.98 Å². The molecule has 0 aliphatic carbocycles. The van der Waals surface area contributed by atoms with Gasteiger partial charge in [0.25, 0.3) is 0 Å². The highest BCUT2D eigenvalue weighted by Gasteiger charge is 2.45. The minimum Gasteiger partial charge on any atom is -0.461 e. The van der Waals surface area contributed by atoms with Crippen molar-refractivity contribution >= 4 is 11.0 Å².